The molecule has 2 heteroatoms. The monoisotopic (exact) mass is 185 g/mol. The van der Waals surface area contributed by atoms with Crippen molar-refractivity contribution in [2.24, 2.45) is 11.8 Å². The Labute approximate surface area is 81.7 Å². The van der Waals surface area contributed by atoms with Crippen LogP contribution < -0.4 is 5.32 Å². The van der Waals surface area contributed by atoms with E-state index in [0.717, 1.165) is 12.5 Å². The fourth-order valence-electron chi connectivity index (χ4n) is 1.74. The zero-order valence-corrected chi connectivity index (χ0v) is 8.92. The molecule has 13 heavy (non-hydrogen) atoms. The summed E-state index contributed by atoms with van der Waals surface area (Å²) in [6.07, 6.45) is 5.19. The molecule has 0 spiro atoms. The molecule has 0 aliphatic heterocycles. The lowest BCUT2D eigenvalue weighted by molar-refractivity contribution is 0.198. The molecule has 2 N–H and O–H groups in total. The van der Waals surface area contributed by atoms with Gasteiger partial charge in [0.15, 0.2) is 0 Å². The molecule has 1 aliphatic rings. The summed E-state index contributed by atoms with van der Waals surface area (Å²) in [5.74, 6) is 1.51. The fraction of sp³-hybridized carbons (Fsp3) is 1.00. The highest BCUT2D eigenvalue weighted by atomic mass is 16.3. The second-order valence-electron chi connectivity index (χ2n) is 4.41. The summed E-state index contributed by atoms with van der Waals surface area (Å²) in [6.45, 7) is 5.82. The SMILES string of the molecule is CCCC(C)C(CO)NCC1CC1. The third kappa shape index (κ3) is 4.10. The lowest BCUT2D eigenvalue weighted by Gasteiger charge is -2.22. The zero-order valence-electron chi connectivity index (χ0n) is 8.92. The average Bonchev–Trinajstić information content (AvgIpc) is 2.89. The minimum absolute atomic E-state index is 0.286. The predicted octanol–water partition coefficient (Wildman–Crippen LogP) is 1.78. The van der Waals surface area contributed by atoms with Gasteiger partial charge in [-0.1, -0.05) is 20.3 Å². The summed E-state index contributed by atoms with van der Waals surface area (Å²) in [4.78, 5) is 0. The molecule has 78 valence electrons. The number of aliphatic hydroxyl groups excluding tert-OH is 1. The van der Waals surface area contributed by atoms with E-state index in [9.17, 15) is 5.11 Å². The third-order valence-electron chi connectivity index (χ3n) is 2.99. The Morgan fingerprint density at radius 1 is 1.46 bits per heavy atom. The van der Waals surface area contributed by atoms with E-state index in [1.165, 1.54) is 25.7 Å². The first-order valence-corrected chi connectivity index (χ1v) is 5.62. The molecule has 1 fully saturated rings. The van der Waals surface area contributed by atoms with Crippen LogP contribution in [-0.4, -0.2) is 24.3 Å². The number of nitrogens with one attached hydrogen (secondary N) is 1. The standard InChI is InChI=1S/C11H23NO/c1-3-4-9(2)11(8-13)12-7-10-5-6-10/h9-13H,3-8H2,1-2H3. The highest BCUT2D eigenvalue weighted by Crippen LogP contribution is 2.28. The fourth-order valence-corrected chi connectivity index (χ4v) is 1.74. The summed E-state index contributed by atoms with van der Waals surface area (Å²) >= 11 is 0. The Morgan fingerprint density at radius 3 is 2.62 bits per heavy atom. The van der Waals surface area contributed by atoms with Crippen LogP contribution in [0.5, 0.6) is 0 Å². The molecule has 1 rings (SSSR count). The van der Waals surface area contributed by atoms with Crippen LogP contribution in [0.3, 0.4) is 0 Å². The lowest BCUT2D eigenvalue weighted by Crippen LogP contribution is -2.39. The van der Waals surface area contributed by atoms with Gasteiger partial charge >= 0.3 is 0 Å². The van der Waals surface area contributed by atoms with E-state index in [1.807, 2.05) is 0 Å². The topological polar surface area (TPSA) is 32.3 Å². The van der Waals surface area contributed by atoms with Gasteiger partial charge in [-0.25, -0.2) is 0 Å². The van der Waals surface area contributed by atoms with E-state index in [1.54, 1.807) is 0 Å². The normalized spacial score (nSPS) is 21.5. The van der Waals surface area contributed by atoms with Crippen LogP contribution in [0, 0.1) is 11.8 Å². The van der Waals surface area contributed by atoms with Gasteiger partial charge in [-0.3, -0.25) is 0 Å². The first-order valence-electron chi connectivity index (χ1n) is 5.62. The molecule has 0 amide bonds. The molecular formula is C11H23NO. The van der Waals surface area contributed by atoms with Crippen molar-refractivity contribution >= 4 is 0 Å². The van der Waals surface area contributed by atoms with Gasteiger partial charge in [0, 0.05) is 6.04 Å². The minimum atomic E-state index is 0.286. The van der Waals surface area contributed by atoms with Crippen molar-refractivity contribution in [3.63, 3.8) is 0 Å². The maximum absolute atomic E-state index is 9.19. The Morgan fingerprint density at radius 2 is 2.15 bits per heavy atom. The first kappa shape index (κ1) is 11.0. The van der Waals surface area contributed by atoms with E-state index in [0.29, 0.717) is 12.0 Å². The summed E-state index contributed by atoms with van der Waals surface area (Å²) in [6, 6.07) is 0.320. The average molecular weight is 185 g/mol. The van der Waals surface area contributed by atoms with Crippen LogP contribution in [0.25, 0.3) is 0 Å². The molecular weight excluding hydrogens is 162 g/mol. The van der Waals surface area contributed by atoms with Gasteiger partial charge in [-0.05, 0) is 37.6 Å². The number of aliphatic hydroxyl groups is 1. The van der Waals surface area contributed by atoms with E-state index >= 15 is 0 Å². The Kier molecular flexibility index (Phi) is 4.74. The summed E-state index contributed by atoms with van der Waals surface area (Å²) in [5.41, 5.74) is 0. The molecule has 0 saturated heterocycles. The molecule has 2 unspecified atom stereocenters. The predicted molar refractivity (Wildman–Crippen MR) is 55.7 cm³/mol. The summed E-state index contributed by atoms with van der Waals surface area (Å²) < 4.78 is 0. The van der Waals surface area contributed by atoms with Gasteiger partial charge in [0.2, 0.25) is 0 Å². The summed E-state index contributed by atoms with van der Waals surface area (Å²) in [7, 11) is 0. The molecule has 1 saturated carbocycles. The van der Waals surface area contributed by atoms with Gasteiger partial charge < -0.3 is 10.4 Å². The maximum Gasteiger partial charge on any atom is 0.0587 e. The lowest BCUT2D eigenvalue weighted by atomic mass is 9.97. The van der Waals surface area contributed by atoms with Gasteiger partial charge in [-0.15, -0.1) is 0 Å². The Balaban J connectivity index is 2.14. The van der Waals surface area contributed by atoms with Crippen molar-refractivity contribution in [1.82, 2.24) is 5.32 Å². The van der Waals surface area contributed by atoms with Gasteiger partial charge in [-0.2, -0.15) is 0 Å². The van der Waals surface area contributed by atoms with Crippen molar-refractivity contribution in [1.29, 1.82) is 0 Å². The van der Waals surface area contributed by atoms with E-state index < -0.39 is 0 Å². The Hall–Kier alpha value is -0.0800. The number of hydrogen-bond donors (Lipinski definition) is 2. The van der Waals surface area contributed by atoms with Gasteiger partial charge in [0.05, 0.1) is 6.61 Å². The van der Waals surface area contributed by atoms with Crippen LogP contribution in [0.1, 0.15) is 39.5 Å². The number of hydrogen-bond acceptors (Lipinski definition) is 2. The molecule has 2 atom stereocenters. The smallest absolute Gasteiger partial charge is 0.0587 e. The minimum Gasteiger partial charge on any atom is -0.395 e. The second-order valence-corrected chi connectivity index (χ2v) is 4.41. The highest BCUT2D eigenvalue weighted by Gasteiger charge is 2.23. The summed E-state index contributed by atoms with van der Waals surface area (Å²) in [5, 5.41) is 12.7. The maximum atomic E-state index is 9.19. The molecule has 0 aromatic heterocycles. The van der Waals surface area contributed by atoms with E-state index in [-0.39, 0.29) is 6.61 Å². The molecule has 0 radical (unpaired) electrons. The van der Waals surface area contributed by atoms with Gasteiger partial charge in [0.25, 0.3) is 0 Å². The molecule has 0 aromatic carbocycles. The molecule has 2 nitrogen and oxygen atoms in total. The van der Waals surface area contributed by atoms with Crippen molar-refractivity contribution in [3.05, 3.63) is 0 Å². The van der Waals surface area contributed by atoms with Crippen molar-refractivity contribution in [3.8, 4) is 0 Å². The Bertz CT molecular complexity index is 134. The van der Waals surface area contributed by atoms with Crippen molar-refractivity contribution in [2.75, 3.05) is 13.2 Å². The molecule has 1 aliphatic carbocycles. The van der Waals surface area contributed by atoms with Crippen LogP contribution in [-0.2, 0) is 0 Å². The van der Waals surface area contributed by atoms with Gasteiger partial charge in [0.1, 0.15) is 0 Å². The zero-order chi connectivity index (χ0) is 9.68. The molecule has 0 heterocycles. The third-order valence-corrected chi connectivity index (χ3v) is 2.99. The van der Waals surface area contributed by atoms with Crippen LogP contribution >= 0.6 is 0 Å². The second kappa shape index (κ2) is 5.61. The number of rotatable bonds is 7. The largest absolute Gasteiger partial charge is 0.395 e. The highest BCUT2D eigenvalue weighted by molar-refractivity contribution is 4.79. The van der Waals surface area contributed by atoms with E-state index in [2.05, 4.69) is 19.2 Å². The molecule has 0 bridgehead atoms. The van der Waals surface area contributed by atoms with Crippen molar-refractivity contribution in [2.45, 2.75) is 45.6 Å². The van der Waals surface area contributed by atoms with Crippen LogP contribution in [0.4, 0.5) is 0 Å². The quantitative estimate of drug-likeness (QED) is 0.633. The van der Waals surface area contributed by atoms with Crippen molar-refractivity contribution < 1.29 is 5.11 Å². The van der Waals surface area contributed by atoms with E-state index in [4.69, 9.17) is 0 Å². The van der Waals surface area contributed by atoms with Crippen LogP contribution in [0.2, 0.25) is 0 Å². The first-order chi connectivity index (χ1) is 6.27. The molecule has 0 aromatic rings. The van der Waals surface area contributed by atoms with Crippen LogP contribution in [0.15, 0.2) is 0 Å².